The van der Waals surface area contributed by atoms with Gasteiger partial charge in [0.05, 0.1) is 20.1 Å². The van der Waals surface area contributed by atoms with Gasteiger partial charge < -0.3 is 19.3 Å². The smallest absolute Gasteiger partial charge is 0.307 e. The Labute approximate surface area is 157 Å². The fraction of sp³-hybridized carbons (Fsp3) is 0.600. The Morgan fingerprint density at radius 3 is 2.38 bits per heavy atom. The summed E-state index contributed by atoms with van der Waals surface area (Å²) in [6.45, 7) is 10.2. The molecule has 0 unspecified atom stereocenters. The van der Waals surface area contributed by atoms with Crippen molar-refractivity contribution in [2.75, 3.05) is 46.4 Å². The van der Waals surface area contributed by atoms with Crippen LogP contribution in [0.15, 0.2) is 24.3 Å². The number of carbonyl (C=O) groups is 2. The van der Waals surface area contributed by atoms with Crippen LogP contribution < -0.4 is 4.74 Å². The minimum atomic E-state index is -0.278. The van der Waals surface area contributed by atoms with Gasteiger partial charge in [-0.05, 0) is 51.2 Å². The van der Waals surface area contributed by atoms with E-state index in [0.29, 0.717) is 31.0 Å². The molecule has 26 heavy (non-hydrogen) atoms. The van der Waals surface area contributed by atoms with E-state index in [2.05, 4.69) is 18.7 Å². The van der Waals surface area contributed by atoms with Gasteiger partial charge in [-0.2, -0.15) is 0 Å². The molecule has 0 spiro atoms. The molecule has 0 aromatic heterocycles. The lowest BCUT2D eigenvalue weighted by molar-refractivity contribution is -0.143. The molecule has 0 aliphatic heterocycles. The van der Waals surface area contributed by atoms with Crippen LogP contribution in [0.25, 0.3) is 0 Å². The summed E-state index contributed by atoms with van der Waals surface area (Å²) < 4.78 is 10.2. The maximum absolute atomic E-state index is 12.9. The van der Waals surface area contributed by atoms with Gasteiger partial charge in [-0.1, -0.05) is 19.9 Å². The highest BCUT2D eigenvalue weighted by Crippen LogP contribution is 2.15. The van der Waals surface area contributed by atoms with Crippen LogP contribution in [0.2, 0.25) is 0 Å². The van der Waals surface area contributed by atoms with Gasteiger partial charge >= 0.3 is 5.97 Å². The minimum Gasteiger partial charge on any atom is -0.497 e. The molecule has 0 fully saturated rings. The number of hydrogen-bond donors (Lipinski definition) is 0. The van der Waals surface area contributed by atoms with Crippen molar-refractivity contribution in [1.29, 1.82) is 0 Å². The molecule has 0 saturated carbocycles. The van der Waals surface area contributed by atoms with Crippen LogP contribution in [0.4, 0.5) is 0 Å². The maximum atomic E-state index is 12.9. The molecule has 0 radical (unpaired) electrons. The number of benzene rings is 1. The van der Waals surface area contributed by atoms with Gasteiger partial charge in [-0.3, -0.25) is 9.59 Å². The molecule has 0 atom stereocenters. The number of ether oxygens (including phenoxy) is 2. The number of nitrogens with zero attached hydrogens (tertiary/aromatic N) is 2. The SMILES string of the molecule is CCOC(=O)CCN(CCCN(CC)CC)C(=O)c1cccc(OC)c1. The van der Waals surface area contributed by atoms with E-state index in [1.54, 1.807) is 43.2 Å². The molecule has 0 saturated heterocycles. The number of methoxy groups -OCH3 is 1. The van der Waals surface area contributed by atoms with Crippen molar-refractivity contribution in [2.45, 2.75) is 33.6 Å². The first-order valence-corrected chi connectivity index (χ1v) is 9.36. The first-order valence-electron chi connectivity index (χ1n) is 9.36. The van der Waals surface area contributed by atoms with Crippen LogP contribution in [0.3, 0.4) is 0 Å². The zero-order valence-electron chi connectivity index (χ0n) is 16.5. The average Bonchev–Trinajstić information content (AvgIpc) is 2.67. The van der Waals surface area contributed by atoms with Crippen molar-refractivity contribution in [3.8, 4) is 5.75 Å². The van der Waals surface area contributed by atoms with Gasteiger partial charge in [0.2, 0.25) is 0 Å². The average molecular weight is 364 g/mol. The van der Waals surface area contributed by atoms with Gasteiger partial charge in [0.1, 0.15) is 5.75 Å². The van der Waals surface area contributed by atoms with E-state index in [1.165, 1.54) is 0 Å². The molecular formula is C20H32N2O4. The zero-order chi connectivity index (χ0) is 19.4. The first kappa shape index (κ1) is 22.0. The van der Waals surface area contributed by atoms with E-state index in [1.807, 2.05) is 0 Å². The largest absolute Gasteiger partial charge is 0.497 e. The Bertz CT molecular complexity index is 558. The van der Waals surface area contributed by atoms with Crippen molar-refractivity contribution in [3.05, 3.63) is 29.8 Å². The Morgan fingerprint density at radius 1 is 1.04 bits per heavy atom. The van der Waals surface area contributed by atoms with Crippen molar-refractivity contribution in [2.24, 2.45) is 0 Å². The minimum absolute atomic E-state index is 0.0901. The van der Waals surface area contributed by atoms with E-state index in [4.69, 9.17) is 9.47 Å². The van der Waals surface area contributed by atoms with Crippen molar-refractivity contribution >= 4 is 11.9 Å². The van der Waals surface area contributed by atoms with E-state index < -0.39 is 0 Å². The quantitative estimate of drug-likeness (QED) is 0.534. The van der Waals surface area contributed by atoms with E-state index in [0.717, 1.165) is 26.1 Å². The summed E-state index contributed by atoms with van der Waals surface area (Å²) in [5.74, 6) is 0.275. The molecule has 1 aromatic carbocycles. The number of hydrogen-bond acceptors (Lipinski definition) is 5. The standard InChI is InChI=1S/C20H32N2O4/c1-5-21(6-2)13-9-14-22(15-12-19(23)26-7-3)20(24)17-10-8-11-18(16-17)25-4/h8,10-11,16H,5-7,9,12-15H2,1-4H3. The number of esters is 1. The number of rotatable bonds is 12. The molecule has 0 heterocycles. The molecule has 0 bridgehead atoms. The molecular weight excluding hydrogens is 332 g/mol. The summed E-state index contributed by atoms with van der Waals surface area (Å²) in [4.78, 5) is 28.6. The molecule has 0 aliphatic carbocycles. The van der Waals surface area contributed by atoms with Crippen LogP contribution in [0.1, 0.15) is 44.0 Å². The van der Waals surface area contributed by atoms with Crippen LogP contribution in [-0.4, -0.2) is 68.1 Å². The summed E-state index contributed by atoms with van der Waals surface area (Å²) >= 11 is 0. The molecule has 6 heteroatoms. The first-order chi connectivity index (χ1) is 12.5. The third-order valence-electron chi connectivity index (χ3n) is 4.29. The Hall–Kier alpha value is -2.08. The highest BCUT2D eigenvalue weighted by atomic mass is 16.5. The van der Waals surface area contributed by atoms with Crippen molar-refractivity contribution in [1.82, 2.24) is 9.80 Å². The molecule has 1 aromatic rings. The molecule has 6 nitrogen and oxygen atoms in total. The third kappa shape index (κ3) is 7.44. The predicted octanol–water partition coefficient (Wildman–Crippen LogP) is 2.82. The lowest BCUT2D eigenvalue weighted by Gasteiger charge is -2.25. The van der Waals surface area contributed by atoms with Crippen LogP contribution in [0.5, 0.6) is 5.75 Å². The van der Waals surface area contributed by atoms with Crippen LogP contribution in [-0.2, 0) is 9.53 Å². The fourth-order valence-electron chi connectivity index (χ4n) is 2.74. The molecule has 0 aliphatic rings. The van der Waals surface area contributed by atoms with Crippen LogP contribution in [0, 0.1) is 0 Å². The summed E-state index contributed by atoms with van der Waals surface area (Å²) in [6, 6.07) is 7.10. The Kier molecular flexibility index (Phi) is 10.4. The zero-order valence-corrected chi connectivity index (χ0v) is 16.5. The number of amides is 1. The molecule has 0 N–H and O–H groups in total. The Morgan fingerprint density at radius 2 is 1.77 bits per heavy atom. The third-order valence-corrected chi connectivity index (χ3v) is 4.29. The fourth-order valence-corrected chi connectivity index (χ4v) is 2.74. The summed E-state index contributed by atoms with van der Waals surface area (Å²) in [5.41, 5.74) is 0.566. The number of carbonyl (C=O) groups excluding carboxylic acids is 2. The summed E-state index contributed by atoms with van der Waals surface area (Å²) in [7, 11) is 1.58. The van der Waals surface area contributed by atoms with Gasteiger partial charge in [-0.25, -0.2) is 0 Å². The lowest BCUT2D eigenvalue weighted by atomic mass is 10.1. The second-order valence-corrected chi connectivity index (χ2v) is 5.96. The van der Waals surface area contributed by atoms with Crippen molar-refractivity contribution < 1.29 is 19.1 Å². The highest BCUT2D eigenvalue weighted by molar-refractivity contribution is 5.94. The topological polar surface area (TPSA) is 59.1 Å². The second-order valence-electron chi connectivity index (χ2n) is 5.96. The van der Waals surface area contributed by atoms with Crippen molar-refractivity contribution in [3.63, 3.8) is 0 Å². The normalized spacial score (nSPS) is 10.7. The second kappa shape index (κ2) is 12.3. The van der Waals surface area contributed by atoms with Gasteiger partial charge in [0.15, 0.2) is 0 Å². The van der Waals surface area contributed by atoms with E-state index >= 15 is 0 Å². The Balaban J connectivity index is 2.77. The summed E-state index contributed by atoms with van der Waals surface area (Å²) in [6.07, 6.45) is 1.06. The van der Waals surface area contributed by atoms with E-state index in [-0.39, 0.29) is 18.3 Å². The molecule has 146 valence electrons. The lowest BCUT2D eigenvalue weighted by Crippen LogP contribution is -2.36. The molecule has 1 rings (SSSR count). The summed E-state index contributed by atoms with van der Waals surface area (Å²) in [5, 5.41) is 0. The van der Waals surface area contributed by atoms with Gasteiger partial charge in [-0.15, -0.1) is 0 Å². The predicted molar refractivity (Wildman–Crippen MR) is 103 cm³/mol. The van der Waals surface area contributed by atoms with Crippen LogP contribution >= 0.6 is 0 Å². The highest BCUT2D eigenvalue weighted by Gasteiger charge is 2.18. The monoisotopic (exact) mass is 364 g/mol. The van der Waals surface area contributed by atoms with Gasteiger partial charge in [0.25, 0.3) is 5.91 Å². The molecule has 1 amide bonds. The van der Waals surface area contributed by atoms with Gasteiger partial charge in [0, 0.05) is 18.7 Å². The maximum Gasteiger partial charge on any atom is 0.307 e. The van der Waals surface area contributed by atoms with E-state index in [9.17, 15) is 9.59 Å².